The van der Waals surface area contributed by atoms with E-state index in [1.54, 1.807) is 0 Å². The summed E-state index contributed by atoms with van der Waals surface area (Å²) in [7, 11) is 0. The molecular weight excluding hydrogens is 392 g/mol. The third kappa shape index (κ3) is 6.17. The van der Waals surface area contributed by atoms with E-state index < -0.39 is 0 Å². The lowest BCUT2D eigenvalue weighted by molar-refractivity contribution is -0.115. The van der Waals surface area contributed by atoms with Crippen molar-refractivity contribution in [2.24, 2.45) is 0 Å². The minimum Gasteiger partial charge on any atom is -0.325 e. The molecule has 2 N–H and O–H groups in total. The third-order valence-corrected chi connectivity index (χ3v) is 5.81. The zero-order chi connectivity index (χ0) is 19.8. The first-order chi connectivity index (χ1) is 13.6. The van der Waals surface area contributed by atoms with Crippen LogP contribution in [0.3, 0.4) is 0 Å². The van der Waals surface area contributed by atoms with Gasteiger partial charge in [0.1, 0.15) is 0 Å². The highest BCUT2D eigenvalue weighted by Crippen LogP contribution is 2.25. The molecule has 3 rings (SSSR count). The normalized spacial score (nSPS) is 10.5. The third-order valence-electron chi connectivity index (χ3n) is 3.83. The first kappa shape index (κ1) is 20.0. The van der Waals surface area contributed by atoms with Crippen LogP contribution in [-0.2, 0) is 22.4 Å². The maximum atomic E-state index is 12.1. The monoisotopic (exact) mass is 412 g/mol. The van der Waals surface area contributed by atoms with Crippen LogP contribution < -0.4 is 10.6 Å². The maximum Gasteiger partial charge on any atom is 0.234 e. The largest absolute Gasteiger partial charge is 0.325 e. The second-order valence-corrected chi connectivity index (χ2v) is 8.17. The van der Waals surface area contributed by atoms with Gasteiger partial charge in [0.2, 0.25) is 16.9 Å². The van der Waals surface area contributed by atoms with Crippen LogP contribution in [0.2, 0.25) is 0 Å². The van der Waals surface area contributed by atoms with Crippen molar-refractivity contribution in [1.82, 2.24) is 10.2 Å². The molecule has 0 unspecified atom stereocenters. The van der Waals surface area contributed by atoms with Gasteiger partial charge in [-0.25, -0.2) is 0 Å². The number of benzene rings is 2. The molecule has 0 bridgehead atoms. The van der Waals surface area contributed by atoms with Gasteiger partial charge in [0.25, 0.3) is 0 Å². The average molecular weight is 413 g/mol. The first-order valence-electron chi connectivity index (χ1n) is 8.81. The number of hydrogen-bond donors (Lipinski definition) is 2. The molecular formula is C20H20N4O2S2. The van der Waals surface area contributed by atoms with Crippen molar-refractivity contribution >= 4 is 45.7 Å². The van der Waals surface area contributed by atoms with Crippen molar-refractivity contribution in [2.45, 2.75) is 24.1 Å². The molecule has 0 atom stereocenters. The minimum atomic E-state index is -0.146. The van der Waals surface area contributed by atoms with Crippen molar-refractivity contribution in [3.05, 3.63) is 65.7 Å². The molecule has 0 aliphatic heterocycles. The van der Waals surface area contributed by atoms with Crippen LogP contribution in [0.15, 0.2) is 58.9 Å². The van der Waals surface area contributed by atoms with Crippen LogP contribution in [0.5, 0.6) is 0 Å². The number of nitrogens with one attached hydrogen (secondary N) is 2. The fraction of sp³-hybridized carbons (Fsp3) is 0.200. The summed E-state index contributed by atoms with van der Waals surface area (Å²) in [6.45, 7) is 2.09. The van der Waals surface area contributed by atoms with Gasteiger partial charge >= 0.3 is 0 Å². The van der Waals surface area contributed by atoms with E-state index >= 15 is 0 Å². The lowest BCUT2D eigenvalue weighted by Crippen LogP contribution is -2.14. The Labute approximate surface area is 171 Å². The number of carbonyl (C=O) groups is 2. The number of nitrogens with zero attached hydrogens (tertiary/aromatic N) is 2. The molecule has 1 heterocycles. The highest BCUT2D eigenvalue weighted by molar-refractivity contribution is 8.01. The molecule has 3 aromatic rings. The molecule has 2 aromatic carbocycles. The lowest BCUT2D eigenvalue weighted by atomic mass is 10.1. The number of aryl methyl sites for hydroxylation is 1. The highest BCUT2D eigenvalue weighted by Gasteiger charge is 2.11. The number of thioether (sulfide) groups is 1. The van der Waals surface area contributed by atoms with E-state index in [1.807, 2.05) is 54.6 Å². The molecule has 8 heteroatoms. The summed E-state index contributed by atoms with van der Waals surface area (Å²) in [5.74, 6) is -0.0337. The van der Waals surface area contributed by atoms with E-state index in [0.717, 1.165) is 17.7 Å². The summed E-state index contributed by atoms with van der Waals surface area (Å²) in [6.07, 6.45) is 1.24. The number of amides is 2. The molecule has 0 aliphatic carbocycles. The number of rotatable bonds is 8. The zero-order valence-electron chi connectivity index (χ0n) is 15.3. The van der Waals surface area contributed by atoms with Gasteiger partial charge < -0.3 is 10.6 Å². The fourth-order valence-corrected chi connectivity index (χ4v) is 3.98. The van der Waals surface area contributed by atoms with Crippen LogP contribution >= 0.6 is 23.1 Å². The maximum absolute atomic E-state index is 12.1. The minimum absolute atomic E-state index is 0.112. The Balaban J connectivity index is 1.44. The van der Waals surface area contributed by atoms with Gasteiger partial charge in [0.15, 0.2) is 4.34 Å². The summed E-state index contributed by atoms with van der Waals surface area (Å²) in [5, 5.41) is 14.0. The standard InChI is InChI=1S/C20H20N4O2S2/c1-2-14-8-10-16(11-9-14)21-18(26)13-27-20-24-23-19(28-20)22-17(25)12-15-6-4-3-5-7-15/h3-11H,2,12-13H2,1H3,(H,21,26)(H,22,23,25). The summed E-state index contributed by atoms with van der Waals surface area (Å²) in [5.41, 5.74) is 2.93. The Morgan fingerprint density at radius 3 is 2.39 bits per heavy atom. The molecule has 0 saturated carbocycles. The van der Waals surface area contributed by atoms with Crippen LogP contribution in [-0.4, -0.2) is 27.8 Å². The molecule has 0 saturated heterocycles. The smallest absolute Gasteiger partial charge is 0.234 e. The quantitative estimate of drug-likeness (QED) is 0.431. The molecule has 6 nitrogen and oxygen atoms in total. The van der Waals surface area contributed by atoms with Crippen LogP contribution in [0.4, 0.5) is 10.8 Å². The molecule has 28 heavy (non-hydrogen) atoms. The number of aromatic nitrogens is 2. The van der Waals surface area contributed by atoms with Gasteiger partial charge in [0.05, 0.1) is 12.2 Å². The number of anilines is 2. The van der Waals surface area contributed by atoms with E-state index in [4.69, 9.17) is 0 Å². The summed E-state index contributed by atoms with van der Waals surface area (Å²) >= 11 is 2.54. The van der Waals surface area contributed by atoms with Gasteiger partial charge in [-0.3, -0.25) is 9.59 Å². The number of hydrogen-bond acceptors (Lipinski definition) is 6. The Hall–Kier alpha value is -2.71. The molecule has 0 radical (unpaired) electrons. The van der Waals surface area contributed by atoms with Crippen molar-refractivity contribution in [3.63, 3.8) is 0 Å². The van der Waals surface area contributed by atoms with E-state index in [9.17, 15) is 9.59 Å². The van der Waals surface area contributed by atoms with Crippen molar-refractivity contribution in [1.29, 1.82) is 0 Å². The molecule has 0 spiro atoms. The Morgan fingerprint density at radius 1 is 0.929 bits per heavy atom. The van der Waals surface area contributed by atoms with Crippen LogP contribution in [0.1, 0.15) is 18.1 Å². The molecule has 2 amide bonds. The van der Waals surface area contributed by atoms with Gasteiger partial charge in [0, 0.05) is 5.69 Å². The van der Waals surface area contributed by atoms with E-state index in [0.29, 0.717) is 9.47 Å². The van der Waals surface area contributed by atoms with Gasteiger partial charge in [-0.1, -0.05) is 72.5 Å². The summed E-state index contributed by atoms with van der Waals surface area (Å²) in [4.78, 5) is 24.1. The first-order valence-corrected chi connectivity index (χ1v) is 10.6. The van der Waals surface area contributed by atoms with Crippen molar-refractivity contribution in [2.75, 3.05) is 16.4 Å². The SMILES string of the molecule is CCc1ccc(NC(=O)CSc2nnc(NC(=O)Cc3ccccc3)s2)cc1. The van der Waals surface area contributed by atoms with E-state index in [2.05, 4.69) is 27.8 Å². The Bertz CT molecular complexity index is 927. The molecule has 144 valence electrons. The van der Waals surface area contributed by atoms with Crippen LogP contribution in [0, 0.1) is 0 Å². The predicted octanol–water partition coefficient (Wildman–Crippen LogP) is 4.01. The second kappa shape index (κ2) is 10.0. The highest BCUT2D eigenvalue weighted by atomic mass is 32.2. The van der Waals surface area contributed by atoms with E-state index in [-0.39, 0.29) is 24.0 Å². The molecule has 0 aliphatic rings. The summed E-state index contributed by atoms with van der Waals surface area (Å²) in [6, 6.07) is 17.3. The fourth-order valence-electron chi connectivity index (χ4n) is 2.41. The Morgan fingerprint density at radius 2 is 1.68 bits per heavy atom. The molecule has 1 aromatic heterocycles. The predicted molar refractivity (Wildman–Crippen MR) is 114 cm³/mol. The van der Waals surface area contributed by atoms with E-state index in [1.165, 1.54) is 28.7 Å². The van der Waals surface area contributed by atoms with Gasteiger partial charge in [-0.15, -0.1) is 10.2 Å². The van der Waals surface area contributed by atoms with Gasteiger partial charge in [-0.2, -0.15) is 0 Å². The van der Waals surface area contributed by atoms with Crippen molar-refractivity contribution < 1.29 is 9.59 Å². The summed E-state index contributed by atoms with van der Waals surface area (Å²) < 4.78 is 0.631. The average Bonchev–Trinajstić information content (AvgIpc) is 3.15. The lowest BCUT2D eigenvalue weighted by Gasteiger charge is -2.05. The molecule has 0 fully saturated rings. The topological polar surface area (TPSA) is 84.0 Å². The Kier molecular flexibility index (Phi) is 7.16. The second-order valence-electron chi connectivity index (χ2n) is 5.97. The van der Waals surface area contributed by atoms with Crippen molar-refractivity contribution in [3.8, 4) is 0 Å². The zero-order valence-corrected chi connectivity index (χ0v) is 17.0. The number of carbonyl (C=O) groups excluding carboxylic acids is 2. The van der Waals surface area contributed by atoms with Gasteiger partial charge in [-0.05, 0) is 29.7 Å². The van der Waals surface area contributed by atoms with Crippen LogP contribution in [0.25, 0.3) is 0 Å².